The fourth-order valence-corrected chi connectivity index (χ4v) is 1.87. The average Bonchev–Trinajstić information content (AvgIpc) is 2.46. The number of carboxylic acid groups (broad SMARTS) is 1. The number of nitrogens with zero attached hydrogens (tertiary/aromatic N) is 2. The third-order valence-electron chi connectivity index (χ3n) is 2.72. The van der Waals surface area contributed by atoms with Gasteiger partial charge in [-0.3, -0.25) is 0 Å². The maximum atomic E-state index is 12.7. The Bertz CT molecular complexity index is 735. The molecule has 0 bridgehead atoms. The van der Waals surface area contributed by atoms with Crippen LogP contribution in [-0.4, -0.2) is 28.2 Å². The Morgan fingerprint density at radius 1 is 1.36 bits per heavy atom. The van der Waals surface area contributed by atoms with Gasteiger partial charge in [0.15, 0.2) is 11.5 Å². The molecule has 2 aromatic rings. The van der Waals surface area contributed by atoms with Crippen molar-refractivity contribution >= 4 is 17.6 Å². The van der Waals surface area contributed by atoms with Crippen LogP contribution >= 0.6 is 11.6 Å². The van der Waals surface area contributed by atoms with Crippen molar-refractivity contribution in [3.05, 3.63) is 40.7 Å². The predicted molar refractivity (Wildman–Crippen MR) is 71.0 cm³/mol. The number of hydrogen-bond acceptors (Lipinski definition) is 4. The van der Waals surface area contributed by atoms with Crippen molar-refractivity contribution in [1.29, 1.82) is 0 Å². The summed E-state index contributed by atoms with van der Waals surface area (Å²) in [6.07, 6.45) is -3.47. The van der Waals surface area contributed by atoms with Crippen molar-refractivity contribution in [3.63, 3.8) is 0 Å². The van der Waals surface area contributed by atoms with E-state index in [1.54, 1.807) is 0 Å². The molecule has 1 heterocycles. The molecule has 0 atom stereocenters. The zero-order valence-corrected chi connectivity index (χ0v) is 11.7. The topological polar surface area (TPSA) is 72.3 Å². The van der Waals surface area contributed by atoms with Gasteiger partial charge in [0.25, 0.3) is 0 Å². The zero-order valence-electron chi connectivity index (χ0n) is 11.0. The van der Waals surface area contributed by atoms with E-state index in [9.17, 15) is 18.0 Å². The molecule has 9 heteroatoms. The highest BCUT2D eigenvalue weighted by molar-refractivity contribution is 6.33. The smallest absolute Gasteiger partial charge is 0.416 e. The maximum Gasteiger partial charge on any atom is 0.416 e. The van der Waals surface area contributed by atoms with E-state index in [0.29, 0.717) is 0 Å². The average molecular weight is 333 g/mol. The first-order valence-corrected chi connectivity index (χ1v) is 6.13. The van der Waals surface area contributed by atoms with Crippen LogP contribution in [0, 0.1) is 0 Å². The fraction of sp³-hybridized carbons (Fsp3) is 0.154. The van der Waals surface area contributed by atoms with Crippen molar-refractivity contribution in [2.45, 2.75) is 6.18 Å². The summed E-state index contributed by atoms with van der Waals surface area (Å²) in [5.74, 6) is -1.61. The summed E-state index contributed by atoms with van der Waals surface area (Å²) in [7, 11) is 1.19. The number of methoxy groups -OCH3 is 1. The first-order valence-electron chi connectivity index (χ1n) is 5.75. The second-order valence-corrected chi connectivity index (χ2v) is 4.52. The van der Waals surface area contributed by atoms with E-state index in [2.05, 4.69) is 9.97 Å². The van der Waals surface area contributed by atoms with Crippen molar-refractivity contribution in [1.82, 2.24) is 9.97 Å². The lowest BCUT2D eigenvalue weighted by Gasteiger charge is -2.12. The molecule has 0 unspecified atom stereocenters. The Morgan fingerprint density at radius 3 is 2.59 bits per heavy atom. The summed E-state index contributed by atoms with van der Waals surface area (Å²) in [6.45, 7) is 0. The first kappa shape index (κ1) is 16.0. The van der Waals surface area contributed by atoms with E-state index in [1.807, 2.05) is 0 Å². The van der Waals surface area contributed by atoms with Gasteiger partial charge in [-0.2, -0.15) is 13.2 Å². The van der Waals surface area contributed by atoms with Crippen LogP contribution in [0.2, 0.25) is 5.02 Å². The molecule has 0 radical (unpaired) electrons. The van der Waals surface area contributed by atoms with Gasteiger partial charge in [-0.15, -0.1) is 0 Å². The van der Waals surface area contributed by atoms with Crippen LogP contribution in [0.1, 0.15) is 16.1 Å². The number of alkyl halides is 3. The van der Waals surface area contributed by atoms with Gasteiger partial charge in [0.1, 0.15) is 5.75 Å². The van der Waals surface area contributed by atoms with Crippen LogP contribution in [0.3, 0.4) is 0 Å². The lowest BCUT2D eigenvalue weighted by atomic mass is 10.1. The van der Waals surface area contributed by atoms with Crippen LogP contribution in [0.5, 0.6) is 5.75 Å². The van der Waals surface area contributed by atoms with Gasteiger partial charge in [-0.25, -0.2) is 14.8 Å². The summed E-state index contributed by atoms with van der Waals surface area (Å²) >= 11 is 5.65. The molecule has 0 saturated carbocycles. The molecular weight excluding hydrogens is 325 g/mol. The Kier molecular flexibility index (Phi) is 4.23. The normalized spacial score (nSPS) is 11.3. The Morgan fingerprint density at radius 2 is 2.05 bits per heavy atom. The van der Waals surface area contributed by atoms with E-state index in [-0.39, 0.29) is 22.2 Å². The second-order valence-electron chi connectivity index (χ2n) is 4.11. The quantitative estimate of drug-likeness (QED) is 0.931. The van der Waals surface area contributed by atoms with Gasteiger partial charge in [-0.05, 0) is 18.2 Å². The number of benzene rings is 1. The molecule has 116 valence electrons. The number of halogens is 4. The number of hydrogen-bond donors (Lipinski definition) is 1. The largest absolute Gasteiger partial charge is 0.496 e. The van der Waals surface area contributed by atoms with E-state index in [1.165, 1.54) is 7.11 Å². The molecule has 1 N–H and O–H groups in total. The molecule has 0 fully saturated rings. The van der Waals surface area contributed by atoms with E-state index in [4.69, 9.17) is 21.4 Å². The number of carbonyl (C=O) groups is 1. The van der Waals surface area contributed by atoms with Crippen LogP contribution in [-0.2, 0) is 6.18 Å². The molecular formula is C13H8ClF3N2O3. The maximum absolute atomic E-state index is 12.7. The first-order chi connectivity index (χ1) is 10.2. The van der Waals surface area contributed by atoms with Gasteiger partial charge in [-0.1, -0.05) is 11.6 Å². The van der Waals surface area contributed by atoms with Crippen LogP contribution in [0.4, 0.5) is 13.2 Å². The molecule has 2 rings (SSSR count). The number of aromatic carboxylic acids is 1. The van der Waals surface area contributed by atoms with Crippen molar-refractivity contribution < 1.29 is 27.8 Å². The third-order valence-corrected chi connectivity index (χ3v) is 2.99. The van der Waals surface area contributed by atoms with Gasteiger partial charge in [0.2, 0.25) is 0 Å². The molecule has 22 heavy (non-hydrogen) atoms. The Labute approximate surface area is 127 Å². The summed E-state index contributed by atoms with van der Waals surface area (Å²) < 4.78 is 42.9. The van der Waals surface area contributed by atoms with Crippen LogP contribution < -0.4 is 4.74 Å². The number of carboxylic acids is 1. The van der Waals surface area contributed by atoms with Crippen LogP contribution in [0.15, 0.2) is 24.4 Å². The standard InChI is InChI=1S/C13H8ClF3N2O3/c1-22-9-4-6(13(15,16)17)2-3-7(9)11-18-5-8(14)10(19-11)12(20)21/h2-5H,1H3,(H,20,21). The van der Waals surface area contributed by atoms with Crippen molar-refractivity contribution in [2.75, 3.05) is 7.11 Å². The van der Waals surface area contributed by atoms with E-state index < -0.39 is 23.4 Å². The second kappa shape index (κ2) is 5.80. The summed E-state index contributed by atoms with van der Waals surface area (Å²) in [5.41, 5.74) is -1.23. The lowest BCUT2D eigenvalue weighted by molar-refractivity contribution is -0.137. The molecule has 0 saturated heterocycles. The van der Waals surface area contributed by atoms with Crippen LogP contribution in [0.25, 0.3) is 11.4 Å². The van der Waals surface area contributed by atoms with E-state index in [0.717, 1.165) is 24.4 Å². The van der Waals surface area contributed by atoms with Gasteiger partial charge in [0, 0.05) is 0 Å². The number of rotatable bonds is 3. The van der Waals surface area contributed by atoms with Gasteiger partial charge >= 0.3 is 12.1 Å². The SMILES string of the molecule is COc1cc(C(F)(F)F)ccc1-c1ncc(Cl)c(C(=O)O)n1. The predicted octanol–water partition coefficient (Wildman–Crippen LogP) is 3.52. The third kappa shape index (κ3) is 3.11. The monoisotopic (exact) mass is 332 g/mol. The minimum absolute atomic E-state index is 0.104. The van der Waals surface area contributed by atoms with Crippen molar-refractivity contribution in [2.24, 2.45) is 0 Å². The molecule has 0 aliphatic rings. The summed E-state index contributed by atoms with van der Waals surface area (Å²) in [4.78, 5) is 18.6. The molecule has 1 aromatic heterocycles. The number of aromatic nitrogens is 2. The highest BCUT2D eigenvalue weighted by atomic mass is 35.5. The fourth-order valence-electron chi connectivity index (χ4n) is 1.70. The Balaban J connectivity index is 2.58. The van der Waals surface area contributed by atoms with Gasteiger partial charge in [0.05, 0.1) is 29.5 Å². The lowest BCUT2D eigenvalue weighted by Crippen LogP contribution is -2.07. The minimum atomic E-state index is -4.53. The van der Waals surface area contributed by atoms with Gasteiger partial charge < -0.3 is 9.84 Å². The summed E-state index contributed by atoms with van der Waals surface area (Å²) in [5, 5.41) is 8.78. The van der Waals surface area contributed by atoms with Crippen molar-refractivity contribution in [3.8, 4) is 17.1 Å². The molecule has 0 amide bonds. The highest BCUT2D eigenvalue weighted by Crippen LogP contribution is 2.36. The molecule has 1 aromatic carbocycles. The summed E-state index contributed by atoms with van der Waals surface area (Å²) in [6, 6.07) is 2.72. The molecule has 0 spiro atoms. The Hall–Kier alpha value is -2.35. The minimum Gasteiger partial charge on any atom is -0.496 e. The highest BCUT2D eigenvalue weighted by Gasteiger charge is 2.31. The number of ether oxygens (including phenoxy) is 1. The molecule has 0 aliphatic heterocycles. The zero-order chi connectivity index (χ0) is 16.5. The molecule has 0 aliphatic carbocycles. The molecule has 5 nitrogen and oxygen atoms in total. The van der Waals surface area contributed by atoms with E-state index >= 15 is 0 Å².